The maximum absolute atomic E-state index is 14.2. The molecule has 0 radical (unpaired) electrons. The third-order valence-electron chi connectivity index (χ3n) is 10.9. The van der Waals surface area contributed by atoms with Gasteiger partial charge in [0.1, 0.15) is 73.1 Å². The molecule has 21 heteroatoms. The molecule has 2 saturated heterocycles. The number of amidine groups is 2. The molecular weight excluding hydrogens is 811 g/mol. The largest absolute Gasteiger partial charge is 0.474 e. The lowest BCUT2D eigenvalue weighted by atomic mass is 9.93. The summed E-state index contributed by atoms with van der Waals surface area (Å²) in [6.07, 6.45) is 7.21. The van der Waals surface area contributed by atoms with Crippen LogP contribution in [-0.2, 0) is 38.8 Å². The van der Waals surface area contributed by atoms with Crippen molar-refractivity contribution in [1.29, 1.82) is 21.3 Å². The lowest BCUT2D eigenvalue weighted by molar-refractivity contribution is -0.0731. The first-order chi connectivity index (χ1) is 29.3. The van der Waals surface area contributed by atoms with Gasteiger partial charge in [-0.2, -0.15) is 10.5 Å². The van der Waals surface area contributed by atoms with Gasteiger partial charge >= 0.3 is 7.82 Å². The number of hydrogen-bond donors (Lipinski definition) is 10. The first-order valence-corrected chi connectivity index (χ1v) is 22.3. The monoisotopic (exact) mass is 872 g/mol. The van der Waals surface area contributed by atoms with Crippen LogP contribution in [-0.4, -0.2) is 111 Å². The number of hydrogen-bond acceptors (Lipinski definition) is 14. The number of rotatable bonds is 28. The van der Waals surface area contributed by atoms with Crippen molar-refractivity contribution in [3.63, 3.8) is 0 Å². The minimum absolute atomic E-state index is 0.0152. The number of aromatic nitrogens is 2. The highest BCUT2D eigenvalue weighted by Crippen LogP contribution is 2.52. The Morgan fingerprint density at radius 3 is 1.46 bits per heavy atom. The first-order valence-electron chi connectivity index (χ1n) is 20.8. The Balaban J connectivity index is 1.40. The van der Waals surface area contributed by atoms with E-state index in [0.717, 1.165) is 38.4 Å². The van der Waals surface area contributed by atoms with Crippen molar-refractivity contribution in [2.75, 3.05) is 19.8 Å². The summed E-state index contributed by atoms with van der Waals surface area (Å²) in [5, 5.41) is 78.9. The van der Waals surface area contributed by atoms with Crippen LogP contribution in [0.5, 0.6) is 0 Å². The van der Waals surface area contributed by atoms with Gasteiger partial charge in [-0.25, -0.2) is 14.5 Å². The van der Waals surface area contributed by atoms with Crippen LogP contribution >= 0.6 is 7.82 Å². The molecule has 2 aromatic rings. The van der Waals surface area contributed by atoms with Gasteiger partial charge in [-0.3, -0.25) is 24.4 Å². The molecule has 8 atom stereocenters. The van der Waals surface area contributed by atoms with Crippen LogP contribution in [0.25, 0.3) is 0 Å². The van der Waals surface area contributed by atoms with Gasteiger partial charge in [-0.1, -0.05) is 90.4 Å². The van der Waals surface area contributed by atoms with Crippen molar-refractivity contribution >= 4 is 32.2 Å². The average molecular weight is 873 g/mol. The molecule has 2 aliphatic rings. The molecule has 4 rings (SSSR count). The van der Waals surface area contributed by atoms with E-state index in [1.165, 1.54) is 82.1 Å². The lowest BCUT2D eigenvalue weighted by Crippen LogP contribution is -2.40. The van der Waals surface area contributed by atoms with Crippen LogP contribution in [0.1, 0.15) is 120 Å². The highest BCUT2D eigenvalue weighted by atomic mass is 31.2. The van der Waals surface area contributed by atoms with Gasteiger partial charge in [0.05, 0.1) is 42.6 Å². The van der Waals surface area contributed by atoms with E-state index in [9.17, 15) is 35.5 Å². The standard InChI is InChI=1S/C40H61N10O10P/c1-2-3-4-5-6-7-8-9-10-11-12-13-14-15-20-56-61(55,57-21-29-33(51)35(53)39(23-41,59-29)31-18-16-27(49-31)37(45)47-25-43)58-22-30-34(52)36(54)40(24-42,60-30)32-19-17-28(50-32)38(46)48-26-44/h16-19,25-26,29-30,33-36,49-54H,2-15,20-22H2,1H3,(H3,43,45,47)(H3,44,46,48). The summed E-state index contributed by atoms with van der Waals surface area (Å²) in [7, 11) is -4.62. The summed E-state index contributed by atoms with van der Waals surface area (Å²) in [4.78, 5) is 13.0. The highest BCUT2D eigenvalue weighted by molar-refractivity contribution is 7.48. The molecule has 0 aromatic carbocycles. The Morgan fingerprint density at radius 1 is 0.721 bits per heavy atom. The van der Waals surface area contributed by atoms with Crippen molar-refractivity contribution in [3.05, 3.63) is 47.0 Å². The van der Waals surface area contributed by atoms with Crippen molar-refractivity contribution in [3.8, 4) is 12.1 Å². The number of nitrogens with two attached hydrogens (primary N) is 2. The van der Waals surface area contributed by atoms with Crippen molar-refractivity contribution in [2.45, 2.75) is 145 Å². The van der Waals surface area contributed by atoms with Crippen LogP contribution in [0.15, 0.2) is 34.3 Å². The molecule has 2 fully saturated rings. The second-order valence-corrected chi connectivity index (χ2v) is 16.9. The number of aromatic amines is 2. The number of nitriles is 2. The summed E-state index contributed by atoms with van der Waals surface area (Å²) in [6, 6.07) is 9.46. The normalized spacial score (nSPS) is 27.7. The molecule has 336 valence electrons. The van der Waals surface area contributed by atoms with Crippen LogP contribution in [0.3, 0.4) is 0 Å². The van der Waals surface area contributed by atoms with Gasteiger partial charge < -0.3 is 51.3 Å². The molecule has 12 N–H and O–H groups in total. The van der Waals surface area contributed by atoms with Gasteiger partial charge in [0.15, 0.2) is 0 Å². The number of H-pyrrole nitrogens is 2. The second kappa shape index (κ2) is 23.8. The van der Waals surface area contributed by atoms with Crippen LogP contribution in [0, 0.1) is 33.5 Å². The Labute approximate surface area is 355 Å². The predicted molar refractivity (Wildman–Crippen MR) is 225 cm³/mol. The predicted octanol–water partition coefficient (Wildman–Crippen LogP) is 3.99. The fraction of sp³-hybridized carbons (Fsp3) is 0.650. The van der Waals surface area contributed by atoms with Gasteiger partial charge in [-0.15, -0.1) is 0 Å². The van der Waals surface area contributed by atoms with Crippen molar-refractivity contribution in [2.24, 2.45) is 21.5 Å². The number of phosphoric acid groups is 1. The molecule has 2 aliphatic heterocycles. The zero-order chi connectivity index (χ0) is 44.5. The number of nitrogens with one attached hydrogen (secondary N) is 4. The van der Waals surface area contributed by atoms with E-state index >= 15 is 0 Å². The Kier molecular flexibility index (Phi) is 19.2. The third kappa shape index (κ3) is 12.4. The number of nitrogens with zero attached hydrogens (tertiary/aromatic N) is 4. The molecule has 4 heterocycles. The van der Waals surface area contributed by atoms with Crippen LogP contribution in [0.4, 0.5) is 0 Å². The van der Waals surface area contributed by atoms with E-state index in [-0.39, 0.29) is 41.1 Å². The minimum atomic E-state index is -4.62. The number of aliphatic imine (C=N–C) groups is 2. The maximum atomic E-state index is 14.2. The second-order valence-electron chi connectivity index (χ2n) is 15.2. The van der Waals surface area contributed by atoms with Crippen molar-refractivity contribution in [1.82, 2.24) is 9.97 Å². The molecule has 0 amide bonds. The molecule has 2 aromatic heterocycles. The Morgan fingerprint density at radius 2 is 1.10 bits per heavy atom. The summed E-state index contributed by atoms with van der Waals surface area (Å²) >= 11 is 0. The number of aliphatic hydroxyl groups excluding tert-OH is 4. The smallest absolute Gasteiger partial charge is 0.387 e. The van der Waals surface area contributed by atoms with Gasteiger partial charge in [0.2, 0.25) is 11.2 Å². The quantitative estimate of drug-likeness (QED) is 0.0250. The molecule has 20 nitrogen and oxygen atoms in total. The molecule has 8 unspecified atom stereocenters. The number of unbranched alkanes of at least 4 members (excludes halogenated alkanes) is 13. The van der Waals surface area contributed by atoms with Crippen molar-refractivity contribution < 1.29 is 48.0 Å². The van der Waals surface area contributed by atoms with E-state index in [1.807, 2.05) is 12.1 Å². The highest BCUT2D eigenvalue weighted by Gasteiger charge is 2.59. The average Bonchev–Trinajstić information content (AvgIpc) is 4.05. The van der Waals surface area contributed by atoms with Gasteiger partial charge in [-0.05, 0) is 30.7 Å². The van der Waals surface area contributed by atoms with Gasteiger partial charge in [0.25, 0.3) is 0 Å². The SMILES string of the molecule is CCCCCCCCCCCCCCCCOP(=O)(OCC1OC(C#N)(c2ccc(C(N)=NC=N)[nH]2)C(O)C1O)OCC1OC(C#N)(c2ccc(C(N)=NC=N)[nH]2)C(O)C1O. The van der Waals surface area contributed by atoms with E-state index < -0.39 is 68.9 Å². The number of ether oxygens (including phenoxy) is 2. The molecule has 0 bridgehead atoms. The molecular formula is C40H61N10O10P. The zero-order valence-corrected chi connectivity index (χ0v) is 35.5. The lowest BCUT2D eigenvalue weighted by Gasteiger charge is -2.24. The molecule has 61 heavy (non-hydrogen) atoms. The molecule has 0 spiro atoms. The minimum Gasteiger partial charge on any atom is -0.387 e. The zero-order valence-electron chi connectivity index (χ0n) is 34.6. The third-order valence-corrected chi connectivity index (χ3v) is 12.4. The van der Waals surface area contributed by atoms with Crippen LogP contribution < -0.4 is 11.5 Å². The topological polar surface area (TPSA) is 348 Å². The van der Waals surface area contributed by atoms with Crippen LogP contribution in [0.2, 0.25) is 0 Å². The summed E-state index contributed by atoms with van der Waals surface area (Å²) in [5.74, 6) is -0.161. The van der Waals surface area contributed by atoms with E-state index in [2.05, 4.69) is 26.9 Å². The number of aliphatic hydroxyl groups is 4. The fourth-order valence-corrected chi connectivity index (χ4v) is 8.61. The van der Waals surface area contributed by atoms with E-state index in [4.69, 9.17) is 45.3 Å². The first kappa shape index (κ1) is 49.3. The molecule has 0 aliphatic carbocycles. The summed E-state index contributed by atoms with van der Waals surface area (Å²) in [5.41, 5.74) is 7.86. The van der Waals surface area contributed by atoms with Gasteiger partial charge in [0, 0.05) is 0 Å². The maximum Gasteiger partial charge on any atom is 0.474 e. The molecule has 0 saturated carbocycles. The Bertz CT molecular complexity index is 1800. The van der Waals surface area contributed by atoms with E-state index in [0.29, 0.717) is 6.42 Å². The summed E-state index contributed by atoms with van der Waals surface area (Å²) < 4.78 is 43.0. The summed E-state index contributed by atoms with van der Waals surface area (Å²) in [6.45, 7) is 0.745. The Hall–Kier alpha value is -4.31. The number of phosphoric ester groups is 1. The van der Waals surface area contributed by atoms with E-state index in [1.54, 1.807) is 0 Å². The fourth-order valence-electron chi connectivity index (χ4n) is 7.37.